The maximum atomic E-state index is 13.0. The summed E-state index contributed by atoms with van der Waals surface area (Å²) >= 11 is 0. The second-order valence-electron chi connectivity index (χ2n) is 7.81. The Bertz CT molecular complexity index is 1540. The van der Waals surface area contributed by atoms with E-state index in [1.807, 2.05) is 74.5 Å². The molecule has 0 aliphatic carbocycles. The molecule has 0 bridgehead atoms. The quantitative estimate of drug-likeness (QED) is 0.474. The van der Waals surface area contributed by atoms with Gasteiger partial charge in [0.1, 0.15) is 18.3 Å². The summed E-state index contributed by atoms with van der Waals surface area (Å²) in [6.07, 6.45) is 2.89. The Kier molecular flexibility index (Phi) is 4.78. The number of hydrogen-bond donors (Lipinski definition) is 1. The fourth-order valence-corrected chi connectivity index (χ4v) is 3.79. The number of hydrogen-bond acceptors (Lipinski definition) is 4. The van der Waals surface area contributed by atoms with Crippen molar-refractivity contribution in [2.75, 3.05) is 5.32 Å². The molecule has 0 unspecified atom stereocenters. The number of fused-ring (bicyclic) bond motifs is 2. The molecule has 0 atom stereocenters. The van der Waals surface area contributed by atoms with E-state index < -0.39 is 0 Å². The molecule has 0 saturated carbocycles. The molecule has 0 saturated heterocycles. The number of amides is 1. The number of carbonyl (C=O) groups is 1. The third-order valence-electron chi connectivity index (χ3n) is 5.67. The summed E-state index contributed by atoms with van der Waals surface area (Å²) in [4.78, 5) is 30.1. The summed E-state index contributed by atoms with van der Waals surface area (Å²) in [6, 6.07) is 19.5. The molecule has 3 aromatic carbocycles. The van der Waals surface area contributed by atoms with Crippen LogP contribution >= 0.6 is 0 Å². The Morgan fingerprint density at radius 1 is 0.969 bits per heavy atom. The van der Waals surface area contributed by atoms with Crippen molar-refractivity contribution < 1.29 is 4.79 Å². The van der Waals surface area contributed by atoms with Gasteiger partial charge < -0.3 is 5.32 Å². The molecule has 5 aromatic rings. The molecule has 1 N–H and O–H groups in total. The number of anilines is 1. The predicted octanol–water partition coefficient (Wildman–Crippen LogP) is 3.99. The topological polar surface area (TPSA) is 81.8 Å². The molecule has 0 aliphatic heterocycles. The number of nitrogens with one attached hydrogen (secondary N) is 1. The lowest BCUT2D eigenvalue weighted by molar-refractivity contribution is -0.116. The smallest absolute Gasteiger partial charge is 0.264 e. The molecule has 2 heterocycles. The average molecular weight is 423 g/mol. The van der Waals surface area contributed by atoms with Crippen LogP contribution in [-0.4, -0.2) is 25.2 Å². The third kappa shape index (κ3) is 3.43. The van der Waals surface area contributed by atoms with Crippen molar-refractivity contribution in [3.8, 4) is 5.69 Å². The van der Waals surface area contributed by atoms with Crippen LogP contribution in [0, 0.1) is 13.8 Å². The lowest BCUT2D eigenvalue weighted by Gasteiger charge is -2.10. The molecule has 1 amide bonds. The molecule has 0 spiro atoms. The molecular weight excluding hydrogens is 402 g/mol. The Labute approximate surface area is 183 Å². The number of carbonyl (C=O) groups excluding carboxylic acids is 1. The second-order valence-corrected chi connectivity index (χ2v) is 7.81. The average Bonchev–Trinajstić information content (AvgIpc) is 3.23. The molecule has 7 heteroatoms. The number of nitrogens with zero attached hydrogens (tertiary/aromatic N) is 4. The van der Waals surface area contributed by atoms with Crippen LogP contribution in [0.4, 0.5) is 5.69 Å². The van der Waals surface area contributed by atoms with Gasteiger partial charge in [0.25, 0.3) is 5.56 Å². The summed E-state index contributed by atoms with van der Waals surface area (Å²) in [6.45, 7) is 3.93. The first-order valence-electron chi connectivity index (χ1n) is 10.3. The lowest BCUT2D eigenvalue weighted by atomic mass is 10.1. The second kappa shape index (κ2) is 7.77. The molecule has 2 aromatic heterocycles. The van der Waals surface area contributed by atoms with Gasteiger partial charge >= 0.3 is 0 Å². The highest BCUT2D eigenvalue weighted by atomic mass is 16.2. The zero-order valence-corrected chi connectivity index (χ0v) is 17.7. The van der Waals surface area contributed by atoms with Gasteiger partial charge in [0, 0.05) is 11.1 Å². The zero-order valence-electron chi connectivity index (χ0n) is 17.7. The van der Waals surface area contributed by atoms with Crippen molar-refractivity contribution in [1.29, 1.82) is 0 Å². The van der Waals surface area contributed by atoms with Gasteiger partial charge in [-0.05, 0) is 48.6 Å². The van der Waals surface area contributed by atoms with Crippen molar-refractivity contribution in [3.05, 3.63) is 94.7 Å². The van der Waals surface area contributed by atoms with E-state index in [1.54, 1.807) is 4.68 Å². The number of benzene rings is 3. The van der Waals surface area contributed by atoms with Crippen molar-refractivity contribution in [1.82, 2.24) is 19.3 Å². The van der Waals surface area contributed by atoms with E-state index in [4.69, 9.17) is 0 Å². The van der Waals surface area contributed by atoms with Crippen LogP contribution in [0.2, 0.25) is 0 Å². The van der Waals surface area contributed by atoms with Gasteiger partial charge in [-0.25, -0.2) is 9.67 Å². The van der Waals surface area contributed by atoms with Crippen LogP contribution in [0.25, 0.3) is 27.5 Å². The number of aromatic nitrogens is 4. The van der Waals surface area contributed by atoms with Crippen LogP contribution in [0.3, 0.4) is 0 Å². The minimum absolute atomic E-state index is 0.139. The third-order valence-corrected chi connectivity index (χ3v) is 5.67. The standard InChI is InChI=1S/C25H21N5O2/c1-16-10-11-19(12-17(16)2)30-24-21(13-27-30)25(32)29(15-26-24)14-23(31)28-22-9-5-7-18-6-3-4-8-20(18)22/h3-13,15H,14H2,1-2H3,(H,28,31). The Morgan fingerprint density at radius 3 is 2.62 bits per heavy atom. The van der Waals surface area contributed by atoms with Gasteiger partial charge in [-0.15, -0.1) is 0 Å². The molecule has 0 radical (unpaired) electrons. The molecule has 158 valence electrons. The fraction of sp³-hybridized carbons (Fsp3) is 0.120. The lowest BCUT2D eigenvalue weighted by Crippen LogP contribution is -2.27. The summed E-state index contributed by atoms with van der Waals surface area (Å²) < 4.78 is 2.94. The van der Waals surface area contributed by atoms with E-state index in [1.165, 1.54) is 22.7 Å². The Balaban J connectivity index is 1.44. The Hall–Kier alpha value is -4.26. The zero-order chi connectivity index (χ0) is 22.2. The van der Waals surface area contributed by atoms with Gasteiger partial charge in [-0.1, -0.05) is 42.5 Å². The van der Waals surface area contributed by atoms with Gasteiger partial charge in [-0.3, -0.25) is 14.2 Å². The Morgan fingerprint density at radius 2 is 1.78 bits per heavy atom. The van der Waals surface area contributed by atoms with Gasteiger partial charge in [0.15, 0.2) is 5.65 Å². The molecule has 0 aliphatic rings. The summed E-state index contributed by atoms with van der Waals surface area (Å²) in [5.74, 6) is -0.300. The summed E-state index contributed by atoms with van der Waals surface area (Å²) in [5.41, 5.74) is 4.00. The van der Waals surface area contributed by atoms with Crippen molar-refractivity contribution in [3.63, 3.8) is 0 Å². The molecule has 5 rings (SSSR count). The normalized spacial score (nSPS) is 11.2. The molecular formula is C25H21N5O2. The largest absolute Gasteiger partial charge is 0.324 e. The first-order chi connectivity index (χ1) is 15.5. The van der Waals surface area contributed by atoms with Crippen LogP contribution in [0.1, 0.15) is 11.1 Å². The minimum Gasteiger partial charge on any atom is -0.324 e. The maximum Gasteiger partial charge on any atom is 0.264 e. The van der Waals surface area contributed by atoms with E-state index in [9.17, 15) is 9.59 Å². The SMILES string of the molecule is Cc1ccc(-n2ncc3c(=O)n(CC(=O)Nc4cccc5ccccc45)cnc32)cc1C. The van der Waals surface area contributed by atoms with Crippen LogP contribution in [0.5, 0.6) is 0 Å². The van der Waals surface area contributed by atoms with Crippen LogP contribution in [0.15, 0.2) is 78.0 Å². The van der Waals surface area contributed by atoms with Crippen LogP contribution < -0.4 is 10.9 Å². The number of rotatable bonds is 4. The highest BCUT2D eigenvalue weighted by Crippen LogP contribution is 2.23. The minimum atomic E-state index is -0.307. The monoisotopic (exact) mass is 423 g/mol. The van der Waals surface area contributed by atoms with E-state index in [-0.39, 0.29) is 18.0 Å². The van der Waals surface area contributed by atoms with E-state index >= 15 is 0 Å². The van der Waals surface area contributed by atoms with Crippen molar-refractivity contribution in [2.24, 2.45) is 0 Å². The van der Waals surface area contributed by atoms with Crippen molar-refractivity contribution >= 4 is 33.4 Å². The van der Waals surface area contributed by atoms with Crippen molar-refractivity contribution in [2.45, 2.75) is 20.4 Å². The van der Waals surface area contributed by atoms with Gasteiger partial charge in [0.05, 0.1) is 11.9 Å². The van der Waals surface area contributed by atoms with Gasteiger partial charge in [0.2, 0.25) is 5.91 Å². The molecule has 7 nitrogen and oxygen atoms in total. The van der Waals surface area contributed by atoms with E-state index in [2.05, 4.69) is 15.4 Å². The number of aryl methyl sites for hydroxylation is 2. The molecule has 0 fully saturated rings. The van der Waals surface area contributed by atoms with E-state index in [0.29, 0.717) is 16.7 Å². The van der Waals surface area contributed by atoms with E-state index in [0.717, 1.165) is 22.0 Å². The summed E-state index contributed by atoms with van der Waals surface area (Å²) in [7, 11) is 0. The summed E-state index contributed by atoms with van der Waals surface area (Å²) in [5, 5.41) is 9.60. The first kappa shape index (κ1) is 19.7. The predicted molar refractivity (Wildman–Crippen MR) is 125 cm³/mol. The highest BCUT2D eigenvalue weighted by Gasteiger charge is 2.14. The van der Waals surface area contributed by atoms with Crippen LogP contribution in [-0.2, 0) is 11.3 Å². The maximum absolute atomic E-state index is 13.0. The highest BCUT2D eigenvalue weighted by molar-refractivity contribution is 6.02. The molecule has 32 heavy (non-hydrogen) atoms. The van der Waals surface area contributed by atoms with Gasteiger partial charge in [-0.2, -0.15) is 5.10 Å². The fourth-order valence-electron chi connectivity index (χ4n) is 3.79. The first-order valence-corrected chi connectivity index (χ1v) is 10.3.